The normalized spacial score (nSPS) is 26.4. The van der Waals surface area contributed by atoms with Gasteiger partial charge in [-0.3, -0.25) is 0 Å². The molecule has 2 rings (SSSR count). The third kappa shape index (κ3) is 7.88. The Balaban J connectivity index is 1.85. The number of nitrogens with zero attached hydrogens (tertiary/aromatic N) is 1. The monoisotopic (exact) mass is 379 g/mol. The molecule has 0 amide bonds. The van der Waals surface area contributed by atoms with Crippen molar-refractivity contribution in [3.8, 4) is 0 Å². The number of hydrogen-bond donors (Lipinski definition) is 0. The quantitative estimate of drug-likeness (QED) is 0.652. The van der Waals surface area contributed by atoms with Crippen LogP contribution in [0.25, 0.3) is 0 Å². The summed E-state index contributed by atoms with van der Waals surface area (Å²) in [7, 11) is -3.20. The number of hydrogen-bond acceptors (Lipinski definition) is 6. The SMILES string of the molecule is CS(=O)(=O)N1CCC2(CC1)OOCCCCCCCCCCCOO2. The third-order valence-corrected chi connectivity index (χ3v) is 6.13. The molecule has 0 aromatic rings. The summed E-state index contributed by atoms with van der Waals surface area (Å²) in [6.07, 6.45) is 12.5. The molecule has 7 nitrogen and oxygen atoms in total. The lowest BCUT2D eigenvalue weighted by molar-refractivity contribution is -0.517. The van der Waals surface area contributed by atoms with Crippen molar-refractivity contribution >= 4 is 10.0 Å². The average Bonchev–Trinajstić information content (AvgIpc) is 2.57. The van der Waals surface area contributed by atoms with Gasteiger partial charge >= 0.3 is 0 Å². The van der Waals surface area contributed by atoms with Crippen LogP contribution in [0.5, 0.6) is 0 Å². The van der Waals surface area contributed by atoms with Gasteiger partial charge in [-0.15, -0.1) is 0 Å². The first kappa shape index (κ1) is 21.1. The van der Waals surface area contributed by atoms with Gasteiger partial charge in [-0.05, 0) is 12.8 Å². The van der Waals surface area contributed by atoms with Crippen LogP contribution >= 0.6 is 0 Å². The van der Waals surface area contributed by atoms with Crippen LogP contribution in [0.4, 0.5) is 0 Å². The van der Waals surface area contributed by atoms with Gasteiger partial charge in [0.1, 0.15) is 0 Å². The molecule has 0 unspecified atom stereocenters. The van der Waals surface area contributed by atoms with Gasteiger partial charge in [-0.2, -0.15) is 9.78 Å². The molecule has 2 aliphatic heterocycles. The second-order valence-electron chi connectivity index (χ2n) is 7.07. The van der Waals surface area contributed by atoms with E-state index in [0.29, 0.717) is 39.1 Å². The van der Waals surface area contributed by atoms with Crippen molar-refractivity contribution in [1.82, 2.24) is 4.31 Å². The first-order valence-corrected chi connectivity index (χ1v) is 11.4. The highest BCUT2D eigenvalue weighted by molar-refractivity contribution is 7.88. The molecule has 148 valence electrons. The molecule has 2 aliphatic rings. The zero-order valence-electron chi connectivity index (χ0n) is 15.4. The molecule has 2 heterocycles. The Morgan fingerprint density at radius 2 is 1.12 bits per heavy atom. The highest BCUT2D eigenvalue weighted by Gasteiger charge is 2.41. The molecule has 0 radical (unpaired) electrons. The molecule has 0 atom stereocenters. The second kappa shape index (κ2) is 10.8. The minimum Gasteiger partial charge on any atom is -0.234 e. The molecule has 0 aromatic carbocycles. The van der Waals surface area contributed by atoms with Crippen LogP contribution in [-0.4, -0.2) is 51.1 Å². The van der Waals surface area contributed by atoms with Crippen molar-refractivity contribution in [2.75, 3.05) is 32.6 Å². The van der Waals surface area contributed by atoms with Gasteiger partial charge in [0.05, 0.1) is 19.5 Å². The smallest absolute Gasteiger partial charge is 0.234 e. The van der Waals surface area contributed by atoms with E-state index < -0.39 is 15.8 Å². The van der Waals surface area contributed by atoms with E-state index in [2.05, 4.69) is 0 Å². The molecular weight excluding hydrogens is 346 g/mol. The number of sulfonamides is 1. The fourth-order valence-corrected chi connectivity index (χ4v) is 4.04. The van der Waals surface area contributed by atoms with Crippen LogP contribution in [-0.2, 0) is 29.6 Å². The first-order chi connectivity index (χ1) is 12.0. The summed E-state index contributed by atoms with van der Waals surface area (Å²) in [5, 5.41) is 0. The molecular formula is C17H33NO6S. The molecule has 25 heavy (non-hydrogen) atoms. The molecule has 0 bridgehead atoms. The van der Waals surface area contributed by atoms with Gasteiger partial charge in [0.15, 0.2) is 0 Å². The van der Waals surface area contributed by atoms with Gasteiger partial charge in [-0.25, -0.2) is 22.5 Å². The van der Waals surface area contributed by atoms with Gasteiger partial charge in [0, 0.05) is 25.9 Å². The number of piperidine rings is 1. The van der Waals surface area contributed by atoms with E-state index in [9.17, 15) is 8.42 Å². The van der Waals surface area contributed by atoms with E-state index in [-0.39, 0.29) is 0 Å². The maximum absolute atomic E-state index is 11.7. The van der Waals surface area contributed by atoms with E-state index >= 15 is 0 Å². The summed E-state index contributed by atoms with van der Waals surface area (Å²) < 4.78 is 24.8. The minimum absolute atomic E-state index is 0.339. The summed E-state index contributed by atoms with van der Waals surface area (Å²) in [5.74, 6) is -1.02. The van der Waals surface area contributed by atoms with E-state index in [0.717, 1.165) is 25.7 Å². The summed E-state index contributed by atoms with van der Waals surface area (Å²) in [6.45, 7) is 1.71. The maximum atomic E-state index is 11.7. The van der Waals surface area contributed by atoms with Crippen LogP contribution in [0.1, 0.15) is 70.6 Å². The molecule has 1 spiro atoms. The van der Waals surface area contributed by atoms with Crippen molar-refractivity contribution in [3.05, 3.63) is 0 Å². The van der Waals surface area contributed by atoms with Crippen LogP contribution in [0.2, 0.25) is 0 Å². The Morgan fingerprint density at radius 3 is 1.52 bits per heavy atom. The third-order valence-electron chi connectivity index (χ3n) is 4.83. The highest BCUT2D eigenvalue weighted by Crippen LogP contribution is 2.30. The Morgan fingerprint density at radius 1 is 0.720 bits per heavy atom. The van der Waals surface area contributed by atoms with Crippen LogP contribution in [0.3, 0.4) is 0 Å². The fraction of sp³-hybridized carbons (Fsp3) is 1.00. The lowest BCUT2D eigenvalue weighted by Crippen LogP contribution is -2.49. The highest BCUT2D eigenvalue weighted by atomic mass is 32.2. The van der Waals surface area contributed by atoms with E-state index in [4.69, 9.17) is 19.6 Å². The van der Waals surface area contributed by atoms with Crippen molar-refractivity contribution in [3.63, 3.8) is 0 Å². The topological polar surface area (TPSA) is 74.3 Å². The Hall–Kier alpha value is -0.250. The van der Waals surface area contributed by atoms with Gasteiger partial charge in [0.2, 0.25) is 15.8 Å². The number of rotatable bonds is 1. The summed E-state index contributed by atoms with van der Waals surface area (Å²) in [5.41, 5.74) is 0. The minimum atomic E-state index is -3.20. The first-order valence-electron chi connectivity index (χ1n) is 9.58. The molecule has 0 saturated carbocycles. The average molecular weight is 380 g/mol. The van der Waals surface area contributed by atoms with Crippen molar-refractivity contribution in [1.29, 1.82) is 0 Å². The predicted octanol–water partition coefficient (Wildman–Crippen LogP) is 3.16. The van der Waals surface area contributed by atoms with Gasteiger partial charge in [0.25, 0.3) is 0 Å². The second-order valence-corrected chi connectivity index (χ2v) is 9.05. The standard InChI is InChI=1S/C17H33NO6S/c1-25(19,20)18-13-11-17(12-14-18)23-21-15-9-7-5-3-2-4-6-8-10-16-22-24-17/h2-16H2,1H3. The molecule has 0 N–H and O–H groups in total. The lowest BCUT2D eigenvalue weighted by Gasteiger charge is -2.37. The predicted molar refractivity (Wildman–Crippen MR) is 94.0 cm³/mol. The van der Waals surface area contributed by atoms with E-state index in [1.54, 1.807) is 0 Å². The zero-order chi connectivity index (χ0) is 18.0. The Labute approximate surface area is 151 Å². The molecule has 2 fully saturated rings. The molecule has 2 saturated heterocycles. The largest absolute Gasteiger partial charge is 0.236 e. The molecule has 8 heteroatoms. The van der Waals surface area contributed by atoms with Crippen molar-refractivity contribution < 1.29 is 28.0 Å². The fourth-order valence-electron chi connectivity index (χ4n) is 3.20. The zero-order valence-corrected chi connectivity index (χ0v) is 16.2. The Bertz CT molecular complexity index is 444. The molecule has 0 aliphatic carbocycles. The van der Waals surface area contributed by atoms with Crippen LogP contribution < -0.4 is 0 Å². The van der Waals surface area contributed by atoms with Crippen LogP contribution in [0, 0.1) is 0 Å². The van der Waals surface area contributed by atoms with E-state index in [1.807, 2.05) is 0 Å². The van der Waals surface area contributed by atoms with Gasteiger partial charge < -0.3 is 0 Å². The molecule has 0 aromatic heterocycles. The van der Waals surface area contributed by atoms with E-state index in [1.165, 1.54) is 42.7 Å². The van der Waals surface area contributed by atoms with Crippen LogP contribution in [0.15, 0.2) is 0 Å². The van der Waals surface area contributed by atoms with Crippen molar-refractivity contribution in [2.24, 2.45) is 0 Å². The Kier molecular flexibility index (Phi) is 9.09. The van der Waals surface area contributed by atoms with Gasteiger partial charge in [-0.1, -0.05) is 44.9 Å². The summed E-state index contributed by atoms with van der Waals surface area (Å²) in [4.78, 5) is 21.9. The van der Waals surface area contributed by atoms with Crippen molar-refractivity contribution in [2.45, 2.75) is 76.4 Å². The lowest BCUT2D eigenvalue weighted by atomic mass is 10.1. The summed E-state index contributed by atoms with van der Waals surface area (Å²) >= 11 is 0. The summed E-state index contributed by atoms with van der Waals surface area (Å²) in [6, 6.07) is 0. The maximum Gasteiger partial charge on any atom is 0.236 e.